The number of carbonyl (C=O) groups is 2. The van der Waals surface area contributed by atoms with E-state index in [-0.39, 0.29) is 6.01 Å². The summed E-state index contributed by atoms with van der Waals surface area (Å²) < 4.78 is 10.2. The predicted octanol–water partition coefficient (Wildman–Crippen LogP) is 3.24. The molecule has 2 heterocycles. The summed E-state index contributed by atoms with van der Waals surface area (Å²) in [5.74, 6) is -0.103. The van der Waals surface area contributed by atoms with Crippen LogP contribution in [0.2, 0.25) is 0 Å². The number of ether oxygens (including phenoxy) is 1. The van der Waals surface area contributed by atoms with Gasteiger partial charge in [0, 0.05) is 29.2 Å². The van der Waals surface area contributed by atoms with Crippen molar-refractivity contribution < 1.29 is 18.8 Å². The lowest BCUT2D eigenvalue weighted by Crippen LogP contribution is -2.30. The van der Waals surface area contributed by atoms with Gasteiger partial charge in [-0.3, -0.25) is 20.5 Å². The molecule has 2 aromatic heterocycles. The molecule has 150 valence electrons. The number of hydrogen-bond donors (Lipinski definition) is 3. The summed E-state index contributed by atoms with van der Waals surface area (Å²) in [5.41, 5.74) is 5.84. The maximum atomic E-state index is 12.3. The first-order valence-electron chi connectivity index (χ1n) is 8.71. The molecule has 0 saturated heterocycles. The third-order valence-electron chi connectivity index (χ3n) is 3.42. The molecule has 1 aromatic carbocycles. The third kappa shape index (κ3) is 5.76. The zero-order valence-electron chi connectivity index (χ0n) is 16.1. The highest BCUT2D eigenvalue weighted by Crippen LogP contribution is 2.16. The second-order valence-corrected chi connectivity index (χ2v) is 6.95. The number of nitrogens with one attached hydrogen (secondary N) is 3. The fourth-order valence-corrected chi connectivity index (χ4v) is 2.23. The first-order chi connectivity index (χ1) is 13.8. The summed E-state index contributed by atoms with van der Waals surface area (Å²) in [6.45, 7) is 5.29. The predicted molar refractivity (Wildman–Crippen MR) is 105 cm³/mol. The zero-order valence-corrected chi connectivity index (χ0v) is 16.1. The van der Waals surface area contributed by atoms with Crippen molar-refractivity contribution in [3.63, 3.8) is 0 Å². The fourth-order valence-electron chi connectivity index (χ4n) is 2.23. The van der Waals surface area contributed by atoms with Crippen LogP contribution in [0.3, 0.4) is 0 Å². The van der Waals surface area contributed by atoms with Gasteiger partial charge in [0.25, 0.3) is 5.91 Å². The first kappa shape index (κ1) is 19.8. The number of hydrazine groups is 1. The van der Waals surface area contributed by atoms with E-state index in [1.165, 1.54) is 6.07 Å². The van der Waals surface area contributed by atoms with E-state index in [1.807, 2.05) is 0 Å². The minimum absolute atomic E-state index is 0.0215. The van der Waals surface area contributed by atoms with Gasteiger partial charge in [-0.05, 0) is 51.1 Å². The average Bonchev–Trinajstić information content (AvgIpc) is 3.14. The van der Waals surface area contributed by atoms with E-state index >= 15 is 0 Å². The number of carbonyl (C=O) groups excluding carboxylic acids is 2. The third-order valence-corrected chi connectivity index (χ3v) is 3.42. The Kier molecular flexibility index (Phi) is 5.72. The minimum atomic E-state index is -0.623. The van der Waals surface area contributed by atoms with E-state index in [0.717, 1.165) is 5.56 Å². The molecule has 0 aliphatic rings. The number of pyridine rings is 1. The van der Waals surface area contributed by atoms with Crippen LogP contribution in [-0.4, -0.2) is 32.7 Å². The summed E-state index contributed by atoms with van der Waals surface area (Å²) in [7, 11) is 0. The van der Waals surface area contributed by atoms with Gasteiger partial charge in [-0.1, -0.05) is 11.2 Å². The second kappa shape index (κ2) is 8.38. The number of benzene rings is 1. The molecule has 10 nitrogen and oxygen atoms in total. The summed E-state index contributed by atoms with van der Waals surface area (Å²) in [5, 5.41) is 6.41. The zero-order chi connectivity index (χ0) is 20.9. The Morgan fingerprint density at radius 1 is 1.10 bits per heavy atom. The Bertz CT molecular complexity index is 997. The van der Waals surface area contributed by atoms with Crippen LogP contribution in [0.25, 0.3) is 11.4 Å². The van der Waals surface area contributed by atoms with Crippen LogP contribution in [0.5, 0.6) is 0 Å². The Hall–Kier alpha value is -3.95. The van der Waals surface area contributed by atoms with Crippen molar-refractivity contribution >= 4 is 23.7 Å². The molecule has 3 aromatic rings. The molecule has 3 rings (SSSR count). The summed E-state index contributed by atoms with van der Waals surface area (Å²) >= 11 is 0. The Morgan fingerprint density at radius 2 is 1.86 bits per heavy atom. The highest BCUT2D eigenvalue weighted by molar-refractivity contribution is 5.96. The molecule has 0 saturated carbocycles. The fraction of sp³-hybridized carbons (Fsp3) is 0.211. The van der Waals surface area contributed by atoms with Gasteiger partial charge >= 0.3 is 12.1 Å². The van der Waals surface area contributed by atoms with Crippen molar-refractivity contribution in [1.29, 1.82) is 0 Å². The van der Waals surface area contributed by atoms with E-state index < -0.39 is 17.6 Å². The van der Waals surface area contributed by atoms with Crippen LogP contribution >= 0.6 is 0 Å². The van der Waals surface area contributed by atoms with E-state index in [0.29, 0.717) is 17.1 Å². The van der Waals surface area contributed by atoms with Crippen molar-refractivity contribution in [3.05, 3.63) is 54.4 Å². The summed E-state index contributed by atoms with van der Waals surface area (Å²) in [6.07, 6.45) is 2.61. The van der Waals surface area contributed by atoms with Gasteiger partial charge in [-0.15, -0.1) is 0 Å². The number of rotatable bonds is 5. The van der Waals surface area contributed by atoms with E-state index in [9.17, 15) is 9.59 Å². The van der Waals surface area contributed by atoms with Gasteiger partial charge in [0.05, 0.1) is 0 Å². The maximum absolute atomic E-state index is 12.3. The number of aromatic nitrogens is 3. The Morgan fingerprint density at radius 3 is 2.59 bits per heavy atom. The Labute approximate surface area is 166 Å². The van der Waals surface area contributed by atoms with Crippen LogP contribution in [0, 0.1) is 0 Å². The maximum Gasteiger partial charge on any atom is 0.412 e. The topological polar surface area (TPSA) is 131 Å². The first-order valence-corrected chi connectivity index (χ1v) is 8.71. The molecule has 0 aliphatic heterocycles. The quantitative estimate of drug-likeness (QED) is 0.560. The largest absolute Gasteiger partial charge is 0.444 e. The molecule has 29 heavy (non-hydrogen) atoms. The monoisotopic (exact) mass is 396 g/mol. The lowest BCUT2D eigenvalue weighted by Gasteiger charge is -2.19. The normalized spacial score (nSPS) is 10.9. The van der Waals surface area contributed by atoms with E-state index in [4.69, 9.17) is 9.26 Å². The molecule has 2 amide bonds. The minimum Gasteiger partial charge on any atom is -0.444 e. The lowest BCUT2D eigenvalue weighted by molar-refractivity contribution is 0.0635. The molecule has 0 radical (unpaired) electrons. The van der Waals surface area contributed by atoms with Gasteiger partial charge in [0.1, 0.15) is 5.60 Å². The lowest BCUT2D eigenvalue weighted by atomic mass is 10.2. The highest BCUT2D eigenvalue weighted by Gasteiger charge is 2.17. The number of hydrogen-bond acceptors (Lipinski definition) is 8. The molecule has 0 spiro atoms. The smallest absolute Gasteiger partial charge is 0.412 e. The van der Waals surface area contributed by atoms with Crippen molar-refractivity contribution in [2.24, 2.45) is 0 Å². The van der Waals surface area contributed by atoms with E-state index in [1.54, 1.807) is 63.5 Å². The van der Waals surface area contributed by atoms with Gasteiger partial charge < -0.3 is 9.26 Å². The molecular weight excluding hydrogens is 376 g/mol. The standard InChI is InChI=1S/C19H20N6O4/c1-19(2,3)28-18(27)21-14-6-4-5-13(11-14)16(26)23-24-17-22-15(25-29-17)12-7-9-20-10-8-12/h4-11H,1-3H3,(H,21,27)(H,23,26)(H,22,24,25). The van der Waals surface area contributed by atoms with Crippen molar-refractivity contribution in [1.82, 2.24) is 20.6 Å². The van der Waals surface area contributed by atoms with Crippen LogP contribution in [0.1, 0.15) is 31.1 Å². The van der Waals surface area contributed by atoms with Crippen molar-refractivity contribution in [3.8, 4) is 11.4 Å². The molecule has 0 atom stereocenters. The Balaban J connectivity index is 1.59. The molecule has 10 heteroatoms. The number of anilines is 2. The van der Waals surface area contributed by atoms with Crippen LogP contribution in [0.4, 0.5) is 16.5 Å². The van der Waals surface area contributed by atoms with Crippen molar-refractivity contribution in [2.75, 3.05) is 10.7 Å². The summed E-state index contributed by atoms with van der Waals surface area (Å²) in [4.78, 5) is 32.3. The van der Waals surface area contributed by atoms with Crippen LogP contribution < -0.4 is 16.2 Å². The molecule has 0 unspecified atom stereocenters. The molecule has 0 aliphatic carbocycles. The highest BCUT2D eigenvalue weighted by atomic mass is 16.6. The van der Waals surface area contributed by atoms with Crippen molar-refractivity contribution in [2.45, 2.75) is 26.4 Å². The molecule has 3 N–H and O–H groups in total. The van der Waals surface area contributed by atoms with Gasteiger partial charge in [-0.25, -0.2) is 10.2 Å². The van der Waals surface area contributed by atoms with Crippen LogP contribution in [0.15, 0.2) is 53.3 Å². The molecule has 0 fully saturated rings. The van der Waals surface area contributed by atoms with Gasteiger partial charge in [0.2, 0.25) is 5.82 Å². The SMILES string of the molecule is CC(C)(C)OC(=O)Nc1cccc(C(=O)NNc2nc(-c3ccncc3)no2)c1. The summed E-state index contributed by atoms with van der Waals surface area (Å²) in [6, 6.07) is 9.87. The average molecular weight is 396 g/mol. The molecular formula is C19H20N6O4. The second-order valence-electron chi connectivity index (χ2n) is 6.95. The van der Waals surface area contributed by atoms with E-state index in [2.05, 4.69) is 31.3 Å². The number of nitrogens with zero attached hydrogens (tertiary/aromatic N) is 3. The van der Waals surface area contributed by atoms with Gasteiger partial charge in [-0.2, -0.15) is 4.98 Å². The number of amides is 2. The molecule has 0 bridgehead atoms. The van der Waals surface area contributed by atoms with Crippen LogP contribution in [-0.2, 0) is 4.74 Å². The van der Waals surface area contributed by atoms with Gasteiger partial charge in [0.15, 0.2) is 0 Å².